The van der Waals surface area contributed by atoms with Crippen LogP contribution in [0.3, 0.4) is 0 Å². The third kappa shape index (κ3) is 24.9. The van der Waals surface area contributed by atoms with Crippen molar-refractivity contribution in [3.8, 4) is 0 Å². The molecule has 1 aromatic heterocycles. The first-order valence-corrected chi connectivity index (χ1v) is 30.7. The molecule has 2 heterocycles. The fraction of sp³-hybridized carbons (Fsp3) is 0.645. The van der Waals surface area contributed by atoms with Crippen LogP contribution in [0.1, 0.15) is 153 Å². The highest BCUT2D eigenvalue weighted by Gasteiger charge is 2.39. The highest BCUT2D eigenvalue weighted by atomic mass is 32.1. The molecule has 7 atom stereocenters. The van der Waals surface area contributed by atoms with Gasteiger partial charge in [0.05, 0.1) is 31.2 Å². The van der Waals surface area contributed by atoms with Crippen molar-refractivity contribution in [2.75, 3.05) is 67.8 Å². The van der Waals surface area contributed by atoms with E-state index < -0.39 is 71.3 Å². The van der Waals surface area contributed by atoms with Crippen LogP contribution in [0.2, 0.25) is 0 Å². The molecule has 3 rings (SSSR count). The summed E-state index contributed by atoms with van der Waals surface area (Å²) in [4.78, 5) is 145. The third-order valence-corrected chi connectivity index (χ3v) is 16.5. The largest absolute Gasteiger partial charge is 0.465 e. The summed E-state index contributed by atoms with van der Waals surface area (Å²) in [5.41, 5.74) is 1.62. The Morgan fingerprint density at radius 1 is 0.837 bits per heavy atom. The van der Waals surface area contributed by atoms with Gasteiger partial charge in [-0.3, -0.25) is 57.7 Å². The van der Waals surface area contributed by atoms with E-state index in [0.717, 1.165) is 39.5 Å². The lowest BCUT2D eigenvalue weighted by Crippen LogP contribution is -2.50. The number of imide groups is 1. The summed E-state index contributed by atoms with van der Waals surface area (Å²) in [6, 6.07) is 5.00. The van der Waals surface area contributed by atoms with E-state index in [9.17, 15) is 47.9 Å². The molecule has 4 N–H and O–H groups in total. The number of oxime groups is 1. The zero-order valence-electron chi connectivity index (χ0n) is 52.8. The maximum atomic E-state index is 14.7. The predicted molar refractivity (Wildman–Crippen MR) is 327 cm³/mol. The Balaban J connectivity index is 1.82. The minimum Gasteiger partial charge on any atom is -0.465 e. The number of carbonyl (C=O) groups is 10. The normalized spacial score (nSPS) is 15.1. The number of ketones is 2. The summed E-state index contributed by atoms with van der Waals surface area (Å²) in [6.07, 6.45) is 4.75. The first-order chi connectivity index (χ1) is 40.7. The monoisotopic (exact) mass is 1220 g/mol. The molecule has 0 aliphatic carbocycles. The van der Waals surface area contributed by atoms with Crippen molar-refractivity contribution in [2.45, 2.75) is 175 Å². The highest BCUT2D eigenvalue weighted by Crippen LogP contribution is 2.29. The third-order valence-electron chi connectivity index (χ3n) is 15.6. The summed E-state index contributed by atoms with van der Waals surface area (Å²) in [7, 11) is 6.93. The van der Waals surface area contributed by atoms with Crippen molar-refractivity contribution >= 4 is 76.4 Å². The van der Waals surface area contributed by atoms with Crippen LogP contribution < -0.4 is 21.3 Å². The van der Waals surface area contributed by atoms with Gasteiger partial charge in [0.25, 0.3) is 24.2 Å². The van der Waals surface area contributed by atoms with Crippen LogP contribution in [0.4, 0.5) is 0 Å². The first-order valence-electron chi connectivity index (χ1n) is 29.8. The van der Waals surface area contributed by atoms with Gasteiger partial charge in [0.1, 0.15) is 35.2 Å². The molecule has 0 spiro atoms. The second-order valence-electron chi connectivity index (χ2n) is 23.1. The fourth-order valence-corrected chi connectivity index (χ4v) is 10.1. The smallest absolute Gasteiger partial charge is 0.293 e. The Hall–Kier alpha value is -6.76. The number of amides is 7. The van der Waals surface area contributed by atoms with Gasteiger partial charge in [-0.25, -0.2) is 4.98 Å². The molecule has 0 fully saturated rings. The molecule has 1 aliphatic heterocycles. The quantitative estimate of drug-likeness (QED) is 0.0216. The van der Waals surface area contributed by atoms with Gasteiger partial charge >= 0.3 is 0 Å². The van der Waals surface area contributed by atoms with Crippen LogP contribution in [0.5, 0.6) is 0 Å². The van der Waals surface area contributed by atoms with Gasteiger partial charge in [-0.2, -0.15) is 0 Å². The number of carbonyl (C=O) groups excluding carboxylic acids is 10. The molecule has 0 saturated carbocycles. The van der Waals surface area contributed by atoms with Gasteiger partial charge < -0.3 is 45.2 Å². The molecule has 86 heavy (non-hydrogen) atoms. The van der Waals surface area contributed by atoms with E-state index >= 15 is 0 Å². The molecule has 24 heteroatoms. The topological polar surface area (TPSA) is 291 Å². The summed E-state index contributed by atoms with van der Waals surface area (Å²) in [6.45, 7) is 18.2. The number of ether oxygens (including phenoxy) is 3. The first kappa shape index (κ1) is 73.5. The highest BCUT2D eigenvalue weighted by molar-refractivity contribution is 7.12. The molecular formula is C62H95N9O14S. The number of methoxy groups -OCH3 is 1. The molecular weight excluding hydrogens is 1130 g/mol. The van der Waals surface area contributed by atoms with Gasteiger partial charge in [-0.1, -0.05) is 69.1 Å². The van der Waals surface area contributed by atoms with Crippen molar-refractivity contribution in [1.82, 2.24) is 41.0 Å². The number of likely N-dealkylation sites (N-methyl/N-ethyl adjacent to an activating group) is 1. The molecule has 1 aromatic carbocycles. The maximum Gasteiger partial charge on any atom is 0.293 e. The van der Waals surface area contributed by atoms with Crippen molar-refractivity contribution in [3.05, 3.63) is 63.6 Å². The van der Waals surface area contributed by atoms with E-state index in [1.807, 2.05) is 91.7 Å². The molecule has 478 valence electrons. The Kier molecular flexibility index (Phi) is 32.2. The number of nitrogens with zero attached hydrogens (tertiary/aromatic N) is 5. The van der Waals surface area contributed by atoms with Crippen LogP contribution in [0, 0.1) is 24.7 Å². The van der Waals surface area contributed by atoms with Crippen molar-refractivity contribution in [3.63, 3.8) is 0 Å². The van der Waals surface area contributed by atoms with Crippen molar-refractivity contribution in [2.24, 2.45) is 22.9 Å². The summed E-state index contributed by atoms with van der Waals surface area (Å²) < 4.78 is 15.7. The number of thiazole rings is 1. The van der Waals surface area contributed by atoms with Crippen molar-refractivity contribution in [1.29, 1.82) is 0 Å². The van der Waals surface area contributed by atoms with Gasteiger partial charge in [0.15, 0.2) is 11.6 Å². The van der Waals surface area contributed by atoms with Gasteiger partial charge in [-0.05, 0) is 98.2 Å². The predicted octanol–water partition coefficient (Wildman–Crippen LogP) is 5.29. The van der Waals surface area contributed by atoms with Crippen LogP contribution in [0.15, 0.2) is 47.0 Å². The summed E-state index contributed by atoms with van der Waals surface area (Å²) in [5, 5.41) is 17.7. The molecule has 0 saturated heterocycles. The Morgan fingerprint density at radius 2 is 1.52 bits per heavy atom. The molecule has 0 radical (unpaired) electrons. The molecule has 1 aliphatic rings. The molecule has 2 aromatic rings. The minimum atomic E-state index is -1.07. The van der Waals surface area contributed by atoms with Crippen LogP contribution in [-0.4, -0.2) is 188 Å². The van der Waals surface area contributed by atoms with Gasteiger partial charge in [0, 0.05) is 101 Å². The number of aromatic nitrogens is 1. The summed E-state index contributed by atoms with van der Waals surface area (Å²) >= 11 is 1.14. The average molecular weight is 1220 g/mol. The number of hydrogen-bond donors (Lipinski definition) is 4. The van der Waals surface area contributed by atoms with E-state index in [1.165, 1.54) is 6.92 Å². The molecule has 4 unspecified atom stereocenters. The number of hydrogen-bond acceptors (Lipinski definition) is 18. The Bertz CT molecular complexity index is 2600. The fourth-order valence-electron chi connectivity index (χ4n) is 9.32. The van der Waals surface area contributed by atoms with Gasteiger partial charge in [0.2, 0.25) is 23.6 Å². The van der Waals surface area contributed by atoms with Crippen LogP contribution >= 0.6 is 11.3 Å². The zero-order valence-corrected chi connectivity index (χ0v) is 53.6. The standard InChI is InChI=1S/C62H95N9O14S/c1-14-42(5)47(36-53(74)62(8,9)69(10)11)61(81)70(12)51(40(2)3)37-49(60-67-50(38-86-60)59(80)65-46(34-43(6)84-39-72)35-45-22-20-41(4)21-23-45)68-85-31-27-55(76)64-44(7)58(79)66-48(52(73)19-17-30-83-33-32-82-13)18-15-16-28-63-54(75)26-29-71-56(77)24-25-57(71)78/h20-25,38-40,42-44,46-48,51H,14-19,26-37H2,1-13H3,(H,63,75)(H,64,76)(H,65,80)(H,66,79)/b68-49+/t42?,43?,44?,46-,47+,48?,51-/m1/s1. The number of unbranched alkanes of at least 4 members (excludes halogenated alkanes) is 1. The lowest BCUT2D eigenvalue weighted by Gasteiger charge is -2.37. The van der Waals surface area contributed by atoms with E-state index in [2.05, 4.69) is 26.4 Å². The second kappa shape index (κ2) is 37.7. The van der Waals surface area contributed by atoms with E-state index in [4.69, 9.17) is 24.0 Å². The SMILES string of the molecule is CCC(C)[C@H](CC(=O)C(C)(C)N(C)C)C(=O)N(C)[C@H](C/C(=N\OCCC(=O)NC(C)C(=O)NC(CCCCNC(=O)CCN1C(=O)C=CC1=O)C(=O)CCCOCCOC)c1nc(C(=O)N[C@@H](Cc2ccc(C)cc2)CC(C)OC=O)cs1)C(C)C. The minimum absolute atomic E-state index is 0.0421. The van der Waals surface area contributed by atoms with Crippen LogP contribution in [-0.2, 0) is 68.6 Å². The maximum absolute atomic E-state index is 14.7. The Morgan fingerprint density at radius 3 is 2.15 bits per heavy atom. The zero-order chi connectivity index (χ0) is 64.1. The van der Waals surface area contributed by atoms with Crippen molar-refractivity contribution < 1.29 is 67.0 Å². The molecule has 0 bridgehead atoms. The number of aryl methyl sites for hydroxylation is 1. The lowest BCUT2D eigenvalue weighted by atomic mass is 9.81. The van der Waals surface area contributed by atoms with E-state index in [-0.39, 0.29) is 99.1 Å². The lowest BCUT2D eigenvalue weighted by molar-refractivity contribution is -0.143. The summed E-state index contributed by atoms with van der Waals surface area (Å²) in [5.74, 6) is -4.32. The second-order valence-corrected chi connectivity index (χ2v) is 24.0. The van der Waals surface area contributed by atoms with E-state index in [0.29, 0.717) is 75.5 Å². The molecule has 7 amide bonds. The van der Waals surface area contributed by atoms with E-state index in [1.54, 1.807) is 31.4 Å². The number of nitrogens with one attached hydrogen (secondary N) is 4. The number of rotatable bonds is 43. The van der Waals surface area contributed by atoms with Crippen LogP contribution in [0.25, 0.3) is 0 Å². The molecule has 23 nitrogen and oxygen atoms in total. The van der Waals surface area contributed by atoms with Gasteiger partial charge in [-0.15, -0.1) is 11.3 Å². The number of Topliss-reactive ketones (excluding diaryl/α,β-unsaturated/α-hetero) is 2. The Labute approximate surface area is 511 Å². The average Bonchev–Trinajstić information content (AvgIpc) is 2.39. The number of benzene rings is 1.